The molecule has 0 unspecified atom stereocenters. The Hall–Kier alpha value is -1.64. The van der Waals surface area contributed by atoms with Gasteiger partial charge in [0.1, 0.15) is 9.97 Å². The Kier molecular flexibility index (Phi) is 4.26. The predicted molar refractivity (Wildman–Crippen MR) is 73.1 cm³/mol. The molecule has 0 aromatic carbocycles. The summed E-state index contributed by atoms with van der Waals surface area (Å²) in [4.78, 5) is 11.1. The van der Waals surface area contributed by atoms with E-state index in [2.05, 4.69) is 4.72 Å². The summed E-state index contributed by atoms with van der Waals surface area (Å²) in [6.07, 6.45) is 1.28. The topological polar surface area (TPSA) is 96.6 Å². The van der Waals surface area contributed by atoms with E-state index >= 15 is 0 Å². The number of hydrogen-bond acceptors (Lipinski definition) is 5. The maximum atomic E-state index is 12.1. The van der Waals surface area contributed by atoms with Crippen LogP contribution >= 0.6 is 11.3 Å². The fraction of sp³-hybridized carbons (Fsp3) is 0.250. The van der Waals surface area contributed by atoms with Crippen molar-refractivity contribution in [1.29, 1.82) is 0 Å². The first-order valence-electron chi connectivity index (χ1n) is 5.75. The Bertz CT molecular complexity index is 687. The molecule has 2 aromatic rings. The van der Waals surface area contributed by atoms with Gasteiger partial charge in [0.15, 0.2) is 0 Å². The van der Waals surface area contributed by atoms with Crippen LogP contribution in [0.25, 0.3) is 0 Å². The molecule has 0 saturated heterocycles. The van der Waals surface area contributed by atoms with Crippen molar-refractivity contribution in [3.8, 4) is 0 Å². The Morgan fingerprint density at radius 2 is 2.20 bits per heavy atom. The summed E-state index contributed by atoms with van der Waals surface area (Å²) in [7, 11) is -3.68. The van der Waals surface area contributed by atoms with Crippen molar-refractivity contribution >= 4 is 27.3 Å². The lowest BCUT2D eigenvalue weighted by Gasteiger charge is -2.10. The molecule has 2 N–H and O–H groups in total. The number of nitrogens with one attached hydrogen (secondary N) is 1. The lowest BCUT2D eigenvalue weighted by Crippen LogP contribution is -2.25. The highest BCUT2D eigenvalue weighted by Crippen LogP contribution is 2.24. The van der Waals surface area contributed by atoms with E-state index in [4.69, 9.17) is 9.52 Å². The molecular weight excluding hydrogens is 302 g/mol. The highest BCUT2D eigenvalue weighted by atomic mass is 32.2. The van der Waals surface area contributed by atoms with E-state index in [0.29, 0.717) is 10.6 Å². The minimum absolute atomic E-state index is 0.0900. The molecule has 2 aromatic heterocycles. The summed E-state index contributed by atoms with van der Waals surface area (Å²) in [5, 5.41) is 8.68. The minimum Gasteiger partial charge on any atom is -0.481 e. The summed E-state index contributed by atoms with van der Waals surface area (Å²) in [5.74, 6) is -0.483. The van der Waals surface area contributed by atoms with E-state index in [1.807, 2.05) is 0 Å². The van der Waals surface area contributed by atoms with Gasteiger partial charge in [0, 0.05) is 4.88 Å². The van der Waals surface area contributed by atoms with Gasteiger partial charge in [-0.25, -0.2) is 13.1 Å². The van der Waals surface area contributed by atoms with Gasteiger partial charge in [-0.3, -0.25) is 4.79 Å². The van der Waals surface area contributed by atoms with Crippen molar-refractivity contribution in [3.05, 3.63) is 41.2 Å². The van der Waals surface area contributed by atoms with Gasteiger partial charge >= 0.3 is 5.97 Å². The van der Waals surface area contributed by atoms with Crippen molar-refractivity contribution in [3.63, 3.8) is 0 Å². The molecule has 8 heteroatoms. The first-order chi connectivity index (χ1) is 9.38. The van der Waals surface area contributed by atoms with Crippen LogP contribution in [0.5, 0.6) is 0 Å². The number of furan rings is 1. The minimum atomic E-state index is -3.68. The standard InChI is InChI=1S/C12H13NO5S2/c1-8(10-3-2-6-18-10)13-20(16,17)12-5-4-9(19-12)7-11(14)15/h2-6,8,13H,7H2,1H3,(H,14,15)/t8-/m0/s1. The van der Waals surface area contributed by atoms with Crippen molar-refractivity contribution in [1.82, 2.24) is 4.72 Å². The number of carboxylic acid groups (broad SMARTS) is 1. The number of carboxylic acids is 1. The van der Waals surface area contributed by atoms with E-state index in [1.165, 1.54) is 18.4 Å². The van der Waals surface area contributed by atoms with Gasteiger partial charge in [-0.2, -0.15) is 0 Å². The maximum absolute atomic E-state index is 12.1. The SMILES string of the molecule is C[C@H](NS(=O)(=O)c1ccc(CC(=O)O)s1)c1ccco1. The molecule has 0 spiro atoms. The van der Waals surface area contributed by atoms with Crippen LogP contribution in [-0.2, 0) is 21.2 Å². The first kappa shape index (κ1) is 14.8. The highest BCUT2D eigenvalue weighted by Gasteiger charge is 2.22. The third kappa shape index (κ3) is 3.47. The Morgan fingerprint density at radius 1 is 1.45 bits per heavy atom. The maximum Gasteiger partial charge on any atom is 0.308 e. The Labute approximate surface area is 120 Å². The molecule has 0 bridgehead atoms. The monoisotopic (exact) mass is 315 g/mol. The quantitative estimate of drug-likeness (QED) is 0.850. The van der Waals surface area contributed by atoms with Gasteiger partial charge < -0.3 is 9.52 Å². The molecule has 108 valence electrons. The van der Waals surface area contributed by atoms with Gasteiger partial charge in [0.05, 0.1) is 18.7 Å². The van der Waals surface area contributed by atoms with Crippen molar-refractivity contribution in [2.24, 2.45) is 0 Å². The summed E-state index contributed by atoms with van der Waals surface area (Å²) >= 11 is 0.945. The fourth-order valence-electron chi connectivity index (χ4n) is 1.63. The lowest BCUT2D eigenvalue weighted by atomic mass is 10.3. The molecule has 0 aliphatic rings. The Morgan fingerprint density at radius 3 is 2.80 bits per heavy atom. The van der Waals surface area contributed by atoms with Gasteiger partial charge in [0.25, 0.3) is 10.0 Å². The number of thiophene rings is 1. The third-order valence-corrected chi connectivity index (χ3v) is 5.65. The van der Waals surface area contributed by atoms with Crippen LogP contribution in [0.2, 0.25) is 0 Å². The number of sulfonamides is 1. The van der Waals surface area contributed by atoms with Gasteiger partial charge in [-0.15, -0.1) is 11.3 Å². The molecule has 20 heavy (non-hydrogen) atoms. The summed E-state index contributed by atoms with van der Waals surface area (Å²) in [6.45, 7) is 1.67. The molecule has 0 amide bonds. The van der Waals surface area contributed by atoms with Gasteiger partial charge in [0.2, 0.25) is 0 Å². The highest BCUT2D eigenvalue weighted by molar-refractivity contribution is 7.91. The van der Waals surface area contributed by atoms with E-state index in [-0.39, 0.29) is 10.6 Å². The number of rotatable bonds is 6. The van der Waals surface area contributed by atoms with Crippen molar-refractivity contribution in [2.75, 3.05) is 0 Å². The molecule has 0 aliphatic heterocycles. The fourth-order valence-corrected chi connectivity index (χ4v) is 4.21. The second kappa shape index (κ2) is 5.78. The third-order valence-electron chi connectivity index (χ3n) is 2.53. The molecular formula is C12H13NO5S2. The van der Waals surface area contributed by atoms with E-state index in [9.17, 15) is 13.2 Å². The number of carbonyl (C=O) groups is 1. The summed E-state index contributed by atoms with van der Waals surface area (Å²) in [5.41, 5.74) is 0. The first-order valence-corrected chi connectivity index (χ1v) is 8.04. The smallest absolute Gasteiger partial charge is 0.308 e. The number of aliphatic carboxylic acids is 1. The second-order valence-electron chi connectivity index (χ2n) is 4.15. The van der Waals surface area contributed by atoms with Crippen LogP contribution in [0.1, 0.15) is 23.6 Å². The van der Waals surface area contributed by atoms with Crippen molar-refractivity contribution in [2.45, 2.75) is 23.6 Å². The molecule has 0 fully saturated rings. The van der Waals surface area contributed by atoms with Crippen LogP contribution in [0.15, 0.2) is 39.2 Å². The summed E-state index contributed by atoms with van der Waals surface area (Å²) in [6, 6.07) is 5.76. The lowest BCUT2D eigenvalue weighted by molar-refractivity contribution is -0.136. The molecule has 0 radical (unpaired) electrons. The average molecular weight is 315 g/mol. The average Bonchev–Trinajstić information content (AvgIpc) is 2.97. The zero-order valence-corrected chi connectivity index (χ0v) is 12.2. The predicted octanol–water partition coefficient (Wildman–Crippen LogP) is 2.01. The zero-order chi connectivity index (χ0) is 14.8. The van der Waals surface area contributed by atoms with Crippen LogP contribution in [0.4, 0.5) is 0 Å². The second-order valence-corrected chi connectivity index (χ2v) is 7.26. The van der Waals surface area contributed by atoms with E-state index in [1.54, 1.807) is 19.1 Å². The van der Waals surface area contributed by atoms with Gasteiger partial charge in [-0.05, 0) is 31.2 Å². The molecule has 1 atom stereocenters. The van der Waals surface area contributed by atoms with Crippen LogP contribution in [0.3, 0.4) is 0 Å². The molecule has 6 nitrogen and oxygen atoms in total. The zero-order valence-electron chi connectivity index (χ0n) is 10.6. The van der Waals surface area contributed by atoms with E-state index < -0.39 is 22.0 Å². The van der Waals surface area contributed by atoms with Crippen molar-refractivity contribution < 1.29 is 22.7 Å². The molecule has 2 rings (SSSR count). The largest absolute Gasteiger partial charge is 0.481 e. The Balaban J connectivity index is 2.14. The van der Waals surface area contributed by atoms with Crippen LogP contribution in [-0.4, -0.2) is 19.5 Å². The molecule has 2 heterocycles. The van der Waals surface area contributed by atoms with Gasteiger partial charge in [-0.1, -0.05) is 0 Å². The molecule has 0 aliphatic carbocycles. The normalized spacial score (nSPS) is 13.2. The van der Waals surface area contributed by atoms with Crippen LogP contribution in [0, 0.1) is 0 Å². The molecule has 0 saturated carbocycles. The van der Waals surface area contributed by atoms with Crippen LogP contribution < -0.4 is 4.72 Å². The summed E-state index contributed by atoms with van der Waals surface area (Å²) < 4.78 is 32.0. The number of hydrogen-bond donors (Lipinski definition) is 2. The van der Waals surface area contributed by atoms with E-state index in [0.717, 1.165) is 11.3 Å².